The van der Waals surface area contributed by atoms with Crippen LogP contribution in [0, 0.1) is 0 Å². The normalized spacial score (nSPS) is 10.4. The summed E-state index contributed by atoms with van der Waals surface area (Å²) < 4.78 is 0.820. The van der Waals surface area contributed by atoms with Gasteiger partial charge >= 0.3 is 5.97 Å². The Bertz CT molecular complexity index is 513. The summed E-state index contributed by atoms with van der Waals surface area (Å²) >= 11 is 3.26. The lowest BCUT2D eigenvalue weighted by Gasteiger charge is -1.98. The number of carboxylic acids is 1. The van der Waals surface area contributed by atoms with Crippen LogP contribution in [-0.2, 0) is 0 Å². The number of rotatable bonds is 1. The van der Waals surface area contributed by atoms with Crippen LogP contribution in [0.4, 0.5) is 0 Å². The van der Waals surface area contributed by atoms with Crippen LogP contribution >= 0.6 is 15.9 Å². The molecule has 0 aliphatic rings. The maximum Gasteiger partial charge on any atom is 0.337 e. The molecule has 0 fully saturated rings. The Hall–Kier alpha value is -1.49. The zero-order chi connectivity index (χ0) is 10.1. The quantitative estimate of drug-likeness (QED) is 0.845. The number of aromatic nitrogens is 2. The standard InChI is InChI=1S/C9H5BrN2O2/c10-6-2-8-7(12-4-6)1-5(3-11-8)9(13)14/h1-4H,(H,13,14). The number of fused-ring (bicyclic) bond motifs is 1. The largest absolute Gasteiger partial charge is 0.478 e. The molecule has 0 aliphatic heterocycles. The lowest BCUT2D eigenvalue weighted by atomic mass is 10.2. The molecule has 0 saturated heterocycles. The van der Waals surface area contributed by atoms with Gasteiger partial charge in [-0.15, -0.1) is 0 Å². The highest BCUT2D eigenvalue weighted by atomic mass is 79.9. The van der Waals surface area contributed by atoms with Crippen LogP contribution < -0.4 is 0 Å². The van der Waals surface area contributed by atoms with E-state index in [1.165, 1.54) is 12.3 Å². The fourth-order valence-corrected chi connectivity index (χ4v) is 1.41. The third kappa shape index (κ3) is 1.58. The maximum absolute atomic E-state index is 10.6. The van der Waals surface area contributed by atoms with Gasteiger partial charge in [-0.2, -0.15) is 0 Å². The summed E-state index contributed by atoms with van der Waals surface area (Å²) in [6, 6.07) is 3.28. The van der Waals surface area contributed by atoms with Gasteiger partial charge in [0.2, 0.25) is 0 Å². The van der Waals surface area contributed by atoms with Crippen LogP contribution in [-0.4, -0.2) is 21.0 Å². The number of nitrogens with zero attached hydrogens (tertiary/aromatic N) is 2. The molecule has 1 N–H and O–H groups in total. The predicted molar refractivity (Wildman–Crippen MR) is 54.2 cm³/mol. The number of aromatic carboxylic acids is 1. The molecule has 0 atom stereocenters. The average molecular weight is 253 g/mol. The van der Waals surface area contributed by atoms with Gasteiger partial charge in [0.1, 0.15) is 0 Å². The summed E-state index contributed by atoms with van der Waals surface area (Å²) in [7, 11) is 0. The Labute approximate surface area is 87.7 Å². The molecule has 2 aromatic rings. The van der Waals surface area contributed by atoms with E-state index in [1.54, 1.807) is 12.3 Å². The molecule has 0 aliphatic carbocycles. The molecular formula is C9H5BrN2O2. The number of halogens is 1. The Morgan fingerprint density at radius 3 is 2.57 bits per heavy atom. The highest BCUT2D eigenvalue weighted by Gasteiger charge is 2.05. The second kappa shape index (κ2) is 3.34. The van der Waals surface area contributed by atoms with Gasteiger partial charge in [-0.05, 0) is 28.1 Å². The molecule has 0 bridgehead atoms. The maximum atomic E-state index is 10.6. The smallest absolute Gasteiger partial charge is 0.337 e. The van der Waals surface area contributed by atoms with Crippen LogP contribution in [0.25, 0.3) is 11.0 Å². The molecule has 14 heavy (non-hydrogen) atoms. The van der Waals surface area contributed by atoms with Crippen LogP contribution in [0.2, 0.25) is 0 Å². The topological polar surface area (TPSA) is 63.1 Å². The zero-order valence-electron chi connectivity index (χ0n) is 6.94. The Kier molecular flexibility index (Phi) is 2.17. The highest BCUT2D eigenvalue weighted by Crippen LogP contribution is 2.15. The van der Waals surface area contributed by atoms with Crippen molar-refractivity contribution in [3.63, 3.8) is 0 Å². The van der Waals surface area contributed by atoms with Crippen molar-refractivity contribution in [2.45, 2.75) is 0 Å². The van der Waals surface area contributed by atoms with E-state index in [4.69, 9.17) is 5.11 Å². The molecule has 0 radical (unpaired) electrons. The zero-order valence-corrected chi connectivity index (χ0v) is 8.52. The average Bonchev–Trinajstić information content (AvgIpc) is 2.16. The number of pyridine rings is 2. The number of carbonyl (C=O) groups is 1. The van der Waals surface area contributed by atoms with Crippen LogP contribution in [0.5, 0.6) is 0 Å². The summed E-state index contributed by atoms with van der Waals surface area (Å²) in [6.45, 7) is 0. The minimum absolute atomic E-state index is 0.146. The Morgan fingerprint density at radius 2 is 1.86 bits per heavy atom. The van der Waals surface area contributed by atoms with Gasteiger partial charge < -0.3 is 5.11 Å². The fraction of sp³-hybridized carbons (Fsp3) is 0. The van der Waals surface area contributed by atoms with E-state index in [1.807, 2.05) is 0 Å². The molecule has 0 spiro atoms. The lowest BCUT2D eigenvalue weighted by Crippen LogP contribution is -1.97. The molecule has 4 nitrogen and oxygen atoms in total. The van der Waals surface area contributed by atoms with Gasteiger partial charge in [0, 0.05) is 16.9 Å². The van der Waals surface area contributed by atoms with E-state index < -0.39 is 5.97 Å². The highest BCUT2D eigenvalue weighted by molar-refractivity contribution is 9.10. The lowest BCUT2D eigenvalue weighted by molar-refractivity contribution is 0.0696. The first-order valence-electron chi connectivity index (χ1n) is 3.81. The van der Waals surface area contributed by atoms with Crippen molar-refractivity contribution < 1.29 is 9.90 Å². The van der Waals surface area contributed by atoms with E-state index >= 15 is 0 Å². The first-order valence-corrected chi connectivity index (χ1v) is 4.61. The van der Waals surface area contributed by atoms with E-state index in [9.17, 15) is 4.79 Å². The Balaban J connectivity index is 2.67. The molecule has 0 unspecified atom stereocenters. The van der Waals surface area contributed by atoms with Crippen LogP contribution in [0.1, 0.15) is 10.4 Å². The molecule has 0 saturated carbocycles. The van der Waals surface area contributed by atoms with Gasteiger partial charge in [-0.25, -0.2) is 4.79 Å². The van der Waals surface area contributed by atoms with E-state index in [0.29, 0.717) is 11.0 Å². The molecular weight excluding hydrogens is 248 g/mol. The second-order valence-electron chi connectivity index (χ2n) is 2.72. The van der Waals surface area contributed by atoms with Crippen LogP contribution in [0.15, 0.2) is 29.0 Å². The van der Waals surface area contributed by atoms with Crippen molar-refractivity contribution in [2.75, 3.05) is 0 Å². The van der Waals surface area contributed by atoms with Gasteiger partial charge in [0.05, 0.1) is 16.6 Å². The third-order valence-electron chi connectivity index (χ3n) is 1.75. The summed E-state index contributed by atoms with van der Waals surface area (Å²) in [4.78, 5) is 18.7. The first-order chi connectivity index (χ1) is 6.66. The third-order valence-corrected chi connectivity index (χ3v) is 2.18. The van der Waals surface area contributed by atoms with Crippen molar-refractivity contribution in [1.29, 1.82) is 0 Å². The molecule has 2 heterocycles. The minimum Gasteiger partial charge on any atom is -0.478 e. The monoisotopic (exact) mass is 252 g/mol. The molecule has 5 heteroatoms. The first kappa shape index (κ1) is 9.08. The van der Waals surface area contributed by atoms with Gasteiger partial charge in [-0.1, -0.05) is 0 Å². The van der Waals surface area contributed by atoms with Gasteiger partial charge in [0.25, 0.3) is 0 Å². The number of hydrogen-bond donors (Lipinski definition) is 1. The van der Waals surface area contributed by atoms with Gasteiger partial charge in [0.15, 0.2) is 0 Å². The molecule has 0 amide bonds. The summed E-state index contributed by atoms with van der Waals surface area (Å²) in [5.74, 6) is -0.996. The van der Waals surface area contributed by atoms with Crippen LogP contribution in [0.3, 0.4) is 0 Å². The van der Waals surface area contributed by atoms with E-state index in [2.05, 4.69) is 25.9 Å². The van der Waals surface area contributed by atoms with Crippen molar-refractivity contribution in [3.05, 3.63) is 34.6 Å². The molecule has 70 valence electrons. The Morgan fingerprint density at radius 1 is 1.21 bits per heavy atom. The van der Waals surface area contributed by atoms with Gasteiger partial charge in [-0.3, -0.25) is 9.97 Å². The minimum atomic E-state index is -0.996. The SMILES string of the molecule is O=C(O)c1cnc2cc(Br)cnc2c1. The molecule has 2 aromatic heterocycles. The summed E-state index contributed by atoms with van der Waals surface area (Å²) in [5.41, 5.74) is 1.39. The van der Waals surface area contributed by atoms with Crippen molar-refractivity contribution in [3.8, 4) is 0 Å². The van der Waals surface area contributed by atoms with Crippen molar-refractivity contribution in [2.24, 2.45) is 0 Å². The molecule has 0 aromatic carbocycles. The summed E-state index contributed by atoms with van der Waals surface area (Å²) in [5, 5.41) is 8.72. The van der Waals surface area contributed by atoms with E-state index in [-0.39, 0.29) is 5.56 Å². The summed E-state index contributed by atoms with van der Waals surface area (Å²) in [6.07, 6.45) is 2.93. The van der Waals surface area contributed by atoms with Crippen molar-refractivity contribution >= 4 is 32.9 Å². The number of hydrogen-bond acceptors (Lipinski definition) is 3. The predicted octanol–water partition coefficient (Wildman–Crippen LogP) is 2.09. The number of carboxylic acid groups (broad SMARTS) is 1. The van der Waals surface area contributed by atoms with E-state index in [0.717, 1.165) is 4.47 Å². The fourth-order valence-electron chi connectivity index (χ4n) is 1.09. The second-order valence-corrected chi connectivity index (χ2v) is 3.64. The van der Waals surface area contributed by atoms with Crippen molar-refractivity contribution in [1.82, 2.24) is 9.97 Å². The molecule has 2 rings (SSSR count).